The summed E-state index contributed by atoms with van der Waals surface area (Å²) in [5.41, 5.74) is 8.19. The number of hydrogen-bond acceptors (Lipinski definition) is 6. The number of anilines is 1. The summed E-state index contributed by atoms with van der Waals surface area (Å²) in [5.74, 6) is 1.44. The van der Waals surface area contributed by atoms with Crippen LogP contribution in [0.25, 0.3) is 6.08 Å². The summed E-state index contributed by atoms with van der Waals surface area (Å²) in [6.45, 7) is 0.888. The van der Waals surface area contributed by atoms with Crippen LogP contribution in [0.1, 0.15) is 5.56 Å². The van der Waals surface area contributed by atoms with Gasteiger partial charge >= 0.3 is 0 Å². The first-order chi connectivity index (χ1) is 12.7. The lowest BCUT2D eigenvalue weighted by molar-refractivity contribution is -0.0848. The zero-order valence-corrected chi connectivity index (χ0v) is 15.0. The summed E-state index contributed by atoms with van der Waals surface area (Å²) in [5, 5.41) is 10.8. The Morgan fingerprint density at radius 2 is 1.81 bits per heavy atom. The first kappa shape index (κ1) is 18.4. The van der Waals surface area contributed by atoms with Crippen LogP contribution in [0.3, 0.4) is 0 Å². The van der Waals surface area contributed by atoms with Crippen molar-refractivity contribution < 1.29 is 19.3 Å². The second kappa shape index (κ2) is 8.33. The van der Waals surface area contributed by atoms with Gasteiger partial charge in [-0.25, -0.2) is 0 Å². The highest BCUT2D eigenvalue weighted by Crippen LogP contribution is 2.37. The number of aliphatic hydroxyl groups is 1. The lowest BCUT2D eigenvalue weighted by Gasteiger charge is -2.37. The first-order valence-electron chi connectivity index (χ1n) is 8.46. The molecule has 1 heterocycles. The minimum absolute atomic E-state index is 0.401. The highest BCUT2D eigenvalue weighted by Gasteiger charge is 2.31. The quantitative estimate of drug-likeness (QED) is 0.743. The number of benzene rings is 2. The summed E-state index contributed by atoms with van der Waals surface area (Å²) < 4.78 is 16.6. The van der Waals surface area contributed by atoms with Crippen LogP contribution in [0.4, 0.5) is 5.69 Å². The summed E-state index contributed by atoms with van der Waals surface area (Å²) >= 11 is 0. The Morgan fingerprint density at radius 3 is 2.46 bits per heavy atom. The Bertz CT molecular complexity index is 760. The summed E-state index contributed by atoms with van der Waals surface area (Å²) in [6.07, 6.45) is 0.373. The number of para-hydroxylation sites is 1. The van der Waals surface area contributed by atoms with Crippen LogP contribution in [0.15, 0.2) is 54.1 Å². The Morgan fingerprint density at radius 1 is 1.08 bits per heavy atom. The van der Waals surface area contributed by atoms with E-state index in [0.717, 1.165) is 17.0 Å². The fourth-order valence-corrected chi connectivity index (χ4v) is 3.09. The molecule has 1 unspecified atom stereocenters. The Balaban J connectivity index is 1.97. The molecule has 2 aromatic rings. The minimum Gasteiger partial charge on any atom is -0.457 e. The van der Waals surface area contributed by atoms with E-state index in [4.69, 9.17) is 19.9 Å². The van der Waals surface area contributed by atoms with Gasteiger partial charge in [-0.05, 0) is 35.9 Å². The molecule has 0 aliphatic carbocycles. The zero-order chi connectivity index (χ0) is 18.5. The molecule has 0 bridgehead atoms. The van der Waals surface area contributed by atoms with Crippen LogP contribution in [0.5, 0.6) is 11.5 Å². The lowest BCUT2D eigenvalue weighted by atomic mass is 10.00. The van der Waals surface area contributed by atoms with Gasteiger partial charge in [-0.3, -0.25) is 0 Å². The van der Waals surface area contributed by atoms with Gasteiger partial charge in [0, 0.05) is 44.6 Å². The van der Waals surface area contributed by atoms with Gasteiger partial charge in [0.05, 0.1) is 0 Å². The largest absolute Gasteiger partial charge is 0.457 e. The number of ether oxygens (including phenoxy) is 3. The van der Waals surface area contributed by atoms with Crippen molar-refractivity contribution in [1.82, 2.24) is 0 Å². The van der Waals surface area contributed by atoms with E-state index in [9.17, 15) is 5.11 Å². The number of rotatable bonds is 7. The maximum atomic E-state index is 10.8. The van der Waals surface area contributed by atoms with Crippen LogP contribution in [0, 0.1) is 0 Å². The van der Waals surface area contributed by atoms with Crippen molar-refractivity contribution in [2.45, 2.75) is 12.5 Å². The lowest BCUT2D eigenvalue weighted by Crippen LogP contribution is -2.45. The number of nitrogens with zero attached hydrogens (tertiary/aromatic N) is 1. The molecule has 0 fully saturated rings. The molecule has 0 amide bonds. The van der Waals surface area contributed by atoms with E-state index in [1.807, 2.05) is 59.5 Å². The molecule has 6 heteroatoms. The van der Waals surface area contributed by atoms with Gasteiger partial charge in [0.15, 0.2) is 12.5 Å². The highest BCUT2D eigenvalue weighted by molar-refractivity contribution is 5.76. The molecule has 138 valence electrons. The summed E-state index contributed by atoms with van der Waals surface area (Å²) in [6, 6.07) is 15.3. The van der Waals surface area contributed by atoms with Crippen molar-refractivity contribution in [3.05, 3.63) is 59.7 Å². The molecule has 3 N–H and O–H groups in total. The Kier molecular flexibility index (Phi) is 5.90. The topological polar surface area (TPSA) is 77.2 Å². The predicted molar refractivity (Wildman–Crippen MR) is 101 cm³/mol. The van der Waals surface area contributed by atoms with Crippen molar-refractivity contribution in [2.75, 3.05) is 32.2 Å². The van der Waals surface area contributed by atoms with Crippen LogP contribution in [0.2, 0.25) is 0 Å². The average molecular weight is 356 g/mol. The number of hydrogen-bond donors (Lipinski definition) is 2. The molecule has 2 aromatic carbocycles. The molecule has 26 heavy (non-hydrogen) atoms. The van der Waals surface area contributed by atoms with Crippen LogP contribution in [-0.2, 0) is 9.47 Å². The maximum absolute atomic E-state index is 10.8. The molecule has 0 spiro atoms. The van der Waals surface area contributed by atoms with Gasteiger partial charge in [-0.15, -0.1) is 0 Å². The van der Waals surface area contributed by atoms with Gasteiger partial charge in [0.1, 0.15) is 11.5 Å². The average Bonchev–Trinajstić information content (AvgIpc) is 2.67. The second-order valence-electron chi connectivity index (χ2n) is 5.94. The summed E-state index contributed by atoms with van der Waals surface area (Å²) in [4.78, 5) is 1.83. The molecule has 0 aromatic heterocycles. The molecule has 1 aliphatic heterocycles. The highest BCUT2D eigenvalue weighted by atomic mass is 16.7. The third-order valence-corrected chi connectivity index (χ3v) is 4.28. The number of methoxy groups -OCH3 is 2. The van der Waals surface area contributed by atoms with E-state index in [-0.39, 0.29) is 0 Å². The van der Waals surface area contributed by atoms with Gasteiger partial charge < -0.3 is 30.0 Å². The summed E-state index contributed by atoms with van der Waals surface area (Å²) in [7, 11) is 3.09. The molecule has 1 atom stereocenters. The van der Waals surface area contributed by atoms with Crippen molar-refractivity contribution >= 4 is 11.8 Å². The predicted octanol–water partition coefficient (Wildman–Crippen LogP) is 2.58. The fraction of sp³-hybridized carbons (Fsp3) is 0.300. The smallest absolute Gasteiger partial charge is 0.183 e. The molecule has 0 saturated heterocycles. The third kappa shape index (κ3) is 3.73. The molecular formula is C20H24N2O4. The normalized spacial score (nSPS) is 16.4. The van der Waals surface area contributed by atoms with Gasteiger partial charge in [-0.2, -0.15) is 0 Å². The van der Waals surface area contributed by atoms with E-state index in [1.165, 1.54) is 0 Å². The van der Waals surface area contributed by atoms with Crippen LogP contribution < -0.4 is 15.4 Å². The second-order valence-corrected chi connectivity index (χ2v) is 5.94. The molecule has 3 rings (SSSR count). The van der Waals surface area contributed by atoms with Crippen LogP contribution in [-0.4, -0.2) is 44.9 Å². The van der Waals surface area contributed by atoms with E-state index < -0.39 is 12.5 Å². The van der Waals surface area contributed by atoms with Crippen molar-refractivity contribution in [1.29, 1.82) is 0 Å². The Hall–Kier alpha value is -2.38. The third-order valence-electron chi connectivity index (χ3n) is 4.28. The maximum Gasteiger partial charge on any atom is 0.183 e. The van der Waals surface area contributed by atoms with Crippen molar-refractivity contribution in [3.8, 4) is 11.5 Å². The number of aliphatic hydroxyl groups excluding tert-OH is 1. The van der Waals surface area contributed by atoms with Gasteiger partial charge in [0.25, 0.3) is 0 Å². The van der Waals surface area contributed by atoms with Gasteiger partial charge in [-0.1, -0.05) is 18.2 Å². The standard InChI is InChI=1S/C20H24N2O4/c1-24-20(25-2)17-12-14-8-9-16(26-15-6-4-3-5-7-15)13-18(14)22(11-10-21)19(17)23/h3-9,12-13,19-20,23H,10-11,21H2,1-2H3. The first-order valence-corrected chi connectivity index (χ1v) is 8.46. The van der Waals surface area contributed by atoms with Crippen LogP contribution >= 0.6 is 0 Å². The zero-order valence-electron chi connectivity index (χ0n) is 15.0. The molecule has 6 nitrogen and oxygen atoms in total. The number of nitrogens with two attached hydrogens (primary N) is 1. The van der Waals surface area contributed by atoms with E-state index in [2.05, 4.69) is 0 Å². The van der Waals surface area contributed by atoms with Crippen molar-refractivity contribution in [3.63, 3.8) is 0 Å². The molecule has 0 saturated carbocycles. The number of fused-ring (bicyclic) bond motifs is 1. The van der Waals surface area contributed by atoms with E-state index in [1.54, 1.807) is 14.2 Å². The monoisotopic (exact) mass is 356 g/mol. The van der Waals surface area contributed by atoms with E-state index in [0.29, 0.717) is 24.4 Å². The fourth-order valence-electron chi connectivity index (χ4n) is 3.09. The molecule has 0 radical (unpaired) electrons. The minimum atomic E-state index is -0.886. The van der Waals surface area contributed by atoms with Gasteiger partial charge in [0.2, 0.25) is 0 Å². The van der Waals surface area contributed by atoms with Crippen molar-refractivity contribution in [2.24, 2.45) is 5.73 Å². The molecular weight excluding hydrogens is 332 g/mol. The Labute approximate surface area is 153 Å². The SMILES string of the molecule is COC(OC)C1=Cc2ccc(Oc3ccccc3)cc2N(CCN)C1O. The molecule has 1 aliphatic rings. The van der Waals surface area contributed by atoms with E-state index >= 15 is 0 Å².